The molecular formula is C15H26N2O6. The van der Waals surface area contributed by atoms with E-state index in [4.69, 9.17) is 15.9 Å². The van der Waals surface area contributed by atoms with Crippen LogP contribution in [0.4, 0.5) is 0 Å². The van der Waals surface area contributed by atoms with Gasteiger partial charge in [-0.05, 0) is 25.7 Å². The monoisotopic (exact) mass is 330 g/mol. The van der Waals surface area contributed by atoms with E-state index in [0.717, 1.165) is 12.8 Å². The standard InChI is InChI=1S/C15H26N2O6/c1-2-3-5-10(18)6-4-7-12(15(22)23)17-13(19)9-8-11(16)14(20)21/h11-12H,2-9,16H2,1H3,(H,17,19)(H,20,21)(H,22,23)/t11-,12+/m0/s1. The average molecular weight is 330 g/mol. The lowest BCUT2D eigenvalue weighted by atomic mass is 10.0. The van der Waals surface area contributed by atoms with E-state index in [1.165, 1.54) is 0 Å². The minimum absolute atomic E-state index is 0.0665. The Hall–Kier alpha value is -1.96. The number of Topliss-reactive ketones (excluding diaryl/α,β-unsaturated/α-hetero) is 1. The molecule has 2 atom stereocenters. The van der Waals surface area contributed by atoms with E-state index >= 15 is 0 Å². The highest BCUT2D eigenvalue weighted by atomic mass is 16.4. The summed E-state index contributed by atoms with van der Waals surface area (Å²) in [5.74, 6) is -2.86. The van der Waals surface area contributed by atoms with E-state index in [-0.39, 0.29) is 25.0 Å². The number of ketones is 1. The molecule has 0 spiro atoms. The first-order chi connectivity index (χ1) is 10.8. The maximum absolute atomic E-state index is 11.6. The third-order valence-corrected chi connectivity index (χ3v) is 3.39. The summed E-state index contributed by atoms with van der Waals surface area (Å²) < 4.78 is 0. The molecule has 23 heavy (non-hydrogen) atoms. The van der Waals surface area contributed by atoms with Gasteiger partial charge in [0.05, 0.1) is 0 Å². The van der Waals surface area contributed by atoms with E-state index in [0.29, 0.717) is 19.3 Å². The highest BCUT2D eigenvalue weighted by Crippen LogP contribution is 2.07. The van der Waals surface area contributed by atoms with Gasteiger partial charge in [-0.15, -0.1) is 0 Å². The third-order valence-electron chi connectivity index (χ3n) is 3.39. The predicted molar refractivity (Wildman–Crippen MR) is 82.8 cm³/mol. The Labute approximate surface area is 135 Å². The van der Waals surface area contributed by atoms with Crippen LogP contribution in [0.25, 0.3) is 0 Å². The molecule has 0 saturated carbocycles. The predicted octanol–water partition coefficient (Wildman–Crippen LogP) is 0.678. The van der Waals surface area contributed by atoms with Gasteiger partial charge in [-0.3, -0.25) is 14.4 Å². The number of carboxylic acids is 2. The molecule has 0 rings (SSSR count). The summed E-state index contributed by atoms with van der Waals surface area (Å²) in [4.78, 5) is 44.8. The SMILES string of the molecule is CCCCC(=O)CCC[C@@H](NC(=O)CC[C@H](N)C(=O)O)C(=O)O. The van der Waals surface area contributed by atoms with Gasteiger partial charge in [-0.2, -0.15) is 0 Å². The van der Waals surface area contributed by atoms with Gasteiger partial charge >= 0.3 is 11.9 Å². The number of rotatable bonds is 13. The topological polar surface area (TPSA) is 147 Å². The summed E-state index contributed by atoms with van der Waals surface area (Å²) in [6.07, 6.45) is 2.85. The van der Waals surface area contributed by atoms with Crippen LogP contribution in [0.2, 0.25) is 0 Å². The molecule has 0 aliphatic heterocycles. The zero-order chi connectivity index (χ0) is 17.8. The first-order valence-electron chi connectivity index (χ1n) is 7.80. The summed E-state index contributed by atoms with van der Waals surface area (Å²) in [6.45, 7) is 1.99. The molecule has 8 nitrogen and oxygen atoms in total. The minimum atomic E-state index is -1.21. The molecule has 0 unspecified atom stereocenters. The van der Waals surface area contributed by atoms with Crippen molar-refractivity contribution in [1.82, 2.24) is 5.32 Å². The molecule has 0 aromatic carbocycles. The second-order valence-corrected chi connectivity index (χ2v) is 5.48. The lowest BCUT2D eigenvalue weighted by Crippen LogP contribution is -2.41. The Bertz CT molecular complexity index is 424. The fourth-order valence-electron chi connectivity index (χ4n) is 1.94. The molecule has 132 valence electrons. The number of nitrogens with two attached hydrogens (primary N) is 1. The number of carboxylic acid groups (broad SMARTS) is 2. The van der Waals surface area contributed by atoms with Gasteiger partial charge in [-0.25, -0.2) is 4.79 Å². The first-order valence-corrected chi connectivity index (χ1v) is 7.80. The van der Waals surface area contributed by atoms with Crippen molar-refractivity contribution in [2.75, 3.05) is 0 Å². The summed E-state index contributed by atoms with van der Waals surface area (Å²) in [6, 6.07) is -2.23. The Balaban J connectivity index is 4.16. The third kappa shape index (κ3) is 10.4. The molecule has 0 aromatic rings. The van der Waals surface area contributed by atoms with Crippen molar-refractivity contribution in [2.24, 2.45) is 5.73 Å². The second-order valence-electron chi connectivity index (χ2n) is 5.48. The molecule has 1 amide bonds. The number of nitrogens with one attached hydrogen (secondary N) is 1. The quantitative estimate of drug-likeness (QED) is 0.388. The van der Waals surface area contributed by atoms with Gasteiger partial charge in [0.25, 0.3) is 0 Å². The number of aliphatic carboxylic acids is 2. The lowest BCUT2D eigenvalue weighted by molar-refractivity contribution is -0.142. The van der Waals surface area contributed by atoms with E-state index in [1.807, 2.05) is 6.92 Å². The average Bonchev–Trinajstić information content (AvgIpc) is 2.49. The van der Waals surface area contributed by atoms with Crippen molar-refractivity contribution in [3.8, 4) is 0 Å². The van der Waals surface area contributed by atoms with Crippen molar-refractivity contribution in [1.29, 1.82) is 0 Å². The molecule has 0 aliphatic rings. The number of unbranched alkanes of at least 4 members (excludes halogenated alkanes) is 1. The van der Waals surface area contributed by atoms with Crippen molar-refractivity contribution in [2.45, 2.75) is 70.4 Å². The molecule has 0 radical (unpaired) electrons. The lowest BCUT2D eigenvalue weighted by Gasteiger charge is -2.15. The van der Waals surface area contributed by atoms with Crippen molar-refractivity contribution < 1.29 is 29.4 Å². The van der Waals surface area contributed by atoms with Crippen LogP contribution in [-0.4, -0.2) is 45.9 Å². The van der Waals surface area contributed by atoms with Gasteiger partial charge in [0.1, 0.15) is 17.9 Å². The number of hydrogen-bond acceptors (Lipinski definition) is 5. The maximum atomic E-state index is 11.6. The number of hydrogen-bond donors (Lipinski definition) is 4. The molecule has 0 saturated heterocycles. The van der Waals surface area contributed by atoms with Gasteiger partial charge in [0.15, 0.2) is 0 Å². The molecule has 0 bridgehead atoms. The smallest absolute Gasteiger partial charge is 0.326 e. The maximum Gasteiger partial charge on any atom is 0.326 e. The molecule has 0 heterocycles. The largest absolute Gasteiger partial charge is 0.480 e. The Morgan fingerprint density at radius 2 is 1.57 bits per heavy atom. The van der Waals surface area contributed by atoms with Gasteiger partial charge in [0, 0.05) is 19.3 Å². The highest BCUT2D eigenvalue weighted by Gasteiger charge is 2.21. The second kappa shape index (κ2) is 11.6. The van der Waals surface area contributed by atoms with Crippen LogP contribution in [0, 0.1) is 0 Å². The fraction of sp³-hybridized carbons (Fsp3) is 0.733. The highest BCUT2D eigenvalue weighted by molar-refractivity contribution is 5.84. The van der Waals surface area contributed by atoms with Gasteiger partial charge in [0.2, 0.25) is 5.91 Å². The van der Waals surface area contributed by atoms with Gasteiger partial charge < -0.3 is 21.3 Å². The molecule has 0 fully saturated rings. The number of carbonyl (C=O) groups is 4. The Kier molecular flexibility index (Phi) is 10.6. The minimum Gasteiger partial charge on any atom is -0.480 e. The van der Waals surface area contributed by atoms with Crippen LogP contribution < -0.4 is 11.1 Å². The first kappa shape index (κ1) is 21.0. The van der Waals surface area contributed by atoms with E-state index < -0.39 is 29.9 Å². The summed E-state index contributed by atoms with van der Waals surface area (Å²) in [5, 5.41) is 20.0. The molecular weight excluding hydrogens is 304 g/mol. The van der Waals surface area contributed by atoms with Crippen LogP contribution >= 0.6 is 0 Å². The summed E-state index contributed by atoms with van der Waals surface area (Å²) in [5.41, 5.74) is 5.28. The summed E-state index contributed by atoms with van der Waals surface area (Å²) >= 11 is 0. The Morgan fingerprint density at radius 1 is 0.957 bits per heavy atom. The van der Waals surface area contributed by atoms with Crippen molar-refractivity contribution in [3.63, 3.8) is 0 Å². The zero-order valence-corrected chi connectivity index (χ0v) is 13.4. The molecule has 8 heteroatoms. The molecule has 0 aromatic heterocycles. The Morgan fingerprint density at radius 3 is 2.09 bits per heavy atom. The molecule has 5 N–H and O–H groups in total. The number of amides is 1. The van der Waals surface area contributed by atoms with Crippen LogP contribution in [0.3, 0.4) is 0 Å². The van der Waals surface area contributed by atoms with Crippen LogP contribution in [-0.2, 0) is 19.2 Å². The van der Waals surface area contributed by atoms with Crippen molar-refractivity contribution in [3.05, 3.63) is 0 Å². The van der Waals surface area contributed by atoms with E-state index in [2.05, 4.69) is 5.32 Å². The van der Waals surface area contributed by atoms with Crippen LogP contribution in [0.1, 0.15) is 58.3 Å². The van der Waals surface area contributed by atoms with E-state index in [1.54, 1.807) is 0 Å². The van der Waals surface area contributed by atoms with E-state index in [9.17, 15) is 19.2 Å². The van der Waals surface area contributed by atoms with Crippen LogP contribution in [0.5, 0.6) is 0 Å². The number of carbonyl (C=O) groups excluding carboxylic acids is 2. The van der Waals surface area contributed by atoms with Gasteiger partial charge in [-0.1, -0.05) is 13.3 Å². The van der Waals surface area contributed by atoms with Crippen molar-refractivity contribution >= 4 is 23.6 Å². The normalized spacial score (nSPS) is 13.1. The fourth-order valence-corrected chi connectivity index (χ4v) is 1.94. The molecule has 0 aliphatic carbocycles. The summed E-state index contributed by atoms with van der Waals surface area (Å²) in [7, 11) is 0. The van der Waals surface area contributed by atoms with Crippen LogP contribution in [0.15, 0.2) is 0 Å². The zero-order valence-electron chi connectivity index (χ0n) is 13.4.